The summed E-state index contributed by atoms with van der Waals surface area (Å²) in [6.07, 6.45) is 3.71. The molecule has 0 saturated carbocycles. The van der Waals surface area contributed by atoms with E-state index in [4.69, 9.17) is 11.0 Å². The van der Waals surface area contributed by atoms with E-state index in [1.165, 1.54) is 43.0 Å². The molecule has 4 heteroatoms. The number of hydrogen-bond donors (Lipinski definition) is 2. The van der Waals surface area contributed by atoms with Crippen molar-refractivity contribution in [1.29, 1.82) is 5.26 Å². The topological polar surface area (TPSA) is 79.1 Å². The first-order valence-corrected chi connectivity index (χ1v) is 10.3. The molecule has 1 unspecified atom stereocenters. The zero-order valence-corrected chi connectivity index (χ0v) is 17.7. The minimum atomic E-state index is 0.587. The Kier molecular flexibility index (Phi) is 11.8. The van der Waals surface area contributed by atoms with Crippen molar-refractivity contribution in [2.45, 2.75) is 52.7 Å². The van der Waals surface area contributed by atoms with E-state index >= 15 is 0 Å². The Bertz CT molecular complexity index is 686. The Hall–Kier alpha value is -2.19. The van der Waals surface area contributed by atoms with Crippen molar-refractivity contribution in [2.24, 2.45) is 17.4 Å². The van der Waals surface area contributed by atoms with Gasteiger partial charge in [-0.2, -0.15) is 5.26 Å². The van der Waals surface area contributed by atoms with Crippen molar-refractivity contribution in [1.82, 2.24) is 4.90 Å². The first-order chi connectivity index (χ1) is 13.7. The molecule has 0 spiro atoms. The van der Waals surface area contributed by atoms with Crippen LogP contribution in [0.15, 0.2) is 48.5 Å². The molecule has 0 fully saturated rings. The van der Waals surface area contributed by atoms with Gasteiger partial charge in [-0.05, 0) is 48.2 Å². The van der Waals surface area contributed by atoms with Crippen LogP contribution < -0.4 is 11.5 Å². The Morgan fingerprint density at radius 3 is 1.82 bits per heavy atom. The number of benzene rings is 2. The lowest BCUT2D eigenvalue weighted by Gasteiger charge is -2.27. The third-order valence-corrected chi connectivity index (χ3v) is 4.94. The fourth-order valence-corrected chi connectivity index (χ4v) is 3.36. The van der Waals surface area contributed by atoms with Crippen LogP contribution in [-0.4, -0.2) is 18.5 Å². The molecule has 2 rings (SSSR count). The molecule has 4 nitrogen and oxygen atoms in total. The predicted molar refractivity (Wildman–Crippen MR) is 118 cm³/mol. The van der Waals surface area contributed by atoms with Crippen LogP contribution >= 0.6 is 0 Å². The summed E-state index contributed by atoms with van der Waals surface area (Å²) >= 11 is 0. The van der Waals surface area contributed by atoms with Gasteiger partial charge in [0.05, 0.1) is 11.6 Å². The Morgan fingerprint density at radius 1 is 0.893 bits per heavy atom. The highest BCUT2D eigenvalue weighted by molar-refractivity contribution is 5.31. The standard InChI is InChI=1S/C23H31N3.CH5N/c1-3-5-19(4-2)16-26(17-22-10-6-20(14-24)7-11-22)18-23-12-8-21(15-25)9-13-23;1-2/h6-13,19H,3-5,14,16-18,24H2,1-2H3;2H2,1H3. The van der Waals surface area contributed by atoms with Gasteiger partial charge in [0.25, 0.3) is 0 Å². The number of rotatable bonds is 10. The Morgan fingerprint density at radius 2 is 1.39 bits per heavy atom. The molecular weight excluding hydrogens is 344 g/mol. The highest BCUT2D eigenvalue weighted by Crippen LogP contribution is 2.18. The van der Waals surface area contributed by atoms with E-state index in [0.717, 1.165) is 31.1 Å². The minimum absolute atomic E-state index is 0.587. The summed E-state index contributed by atoms with van der Waals surface area (Å²) in [5, 5.41) is 8.99. The van der Waals surface area contributed by atoms with Crippen LogP contribution in [0, 0.1) is 17.2 Å². The van der Waals surface area contributed by atoms with Gasteiger partial charge in [0.1, 0.15) is 0 Å². The summed E-state index contributed by atoms with van der Waals surface area (Å²) in [6, 6.07) is 18.8. The van der Waals surface area contributed by atoms with E-state index in [-0.39, 0.29) is 0 Å². The van der Waals surface area contributed by atoms with Crippen molar-refractivity contribution in [3.63, 3.8) is 0 Å². The van der Waals surface area contributed by atoms with Gasteiger partial charge in [-0.25, -0.2) is 0 Å². The molecule has 0 bridgehead atoms. The SMILES string of the molecule is CCCC(CC)CN(Cc1ccc(C#N)cc1)Cc1ccc(CN)cc1.CN. The fraction of sp³-hybridized carbons (Fsp3) is 0.458. The van der Waals surface area contributed by atoms with Crippen LogP contribution in [0.2, 0.25) is 0 Å². The van der Waals surface area contributed by atoms with E-state index in [1.807, 2.05) is 12.1 Å². The second-order valence-corrected chi connectivity index (χ2v) is 7.06. The molecule has 0 saturated heterocycles. The van der Waals surface area contributed by atoms with Crippen LogP contribution in [0.1, 0.15) is 55.4 Å². The maximum atomic E-state index is 8.99. The van der Waals surface area contributed by atoms with Gasteiger partial charge >= 0.3 is 0 Å². The monoisotopic (exact) mass is 380 g/mol. The van der Waals surface area contributed by atoms with E-state index in [0.29, 0.717) is 6.54 Å². The first kappa shape index (κ1) is 23.8. The molecule has 0 amide bonds. The van der Waals surface area contributed by atoms with E-state index in [2.05, 4.69) is 66.9 Å². The fourth-order valence-electron chi connectivity index (χ4n) is 3.36. The molecule has 0 aliphatic rings. The lowest BCUT2D eigenvalue weighted by Crippen LogP contribution is -2.28. The zero-order valence-electron chi connectivity index (χ0n) is 17.7. The molecule has 152 valence electrons. The molecule has 1 atom stereocenters. The van der Waals surface area contributed by atoms with Crippen LogP contribution in [0.25, 0.3) is 0 Å². The molecular formula is C24H36N4. The quantitative estimate of drug-likeness (QED) is 0.639. The molecule has 2 aromatic rings. The third kappa shape index (κ3) is 8.22. The number of nitrogens with two attached hydrogens (primary N) is 2. The van der Waals surface area contributed by atoms with Gasteiger partial charge in [0, 0.05) is 26.2 Å². The van der Waals surface area contributed by atoms with Gasteiger partial charge in [0.15, 0.2) is 0 Å². The summed E-state index contributed by atoms with van der Waals surface area (Å²) in [4.78, 5) is 2.53. The molecule has 4 N–H and O–H groups in total. The summed E-state index contributed by atoms with van der Waals surface area (Å²) in [5.41, 5.74) is 14.7. The maximum Gasteiger partial charge on any atom is 0.0991 e. The average Bonchev–Trinajstić information content (AvgIpc) is 2.75. The Labute approximate surface area is 171 Å². The first-order valence-electron chi connectivity index (χ1n) is 10.3. The number of hydrogen-bond acceptors (Lipinski definition) is 4. The van der Waals surface area contributed by atoms with Crippen molar-refractivity contribution in [3.05, 3.63) is 70.8 Å². The summed E-state index contributed by atoms with van der Waals surface area (Å²) < 4.78 is 0. The van der Waals surface area contributed by atoms with Gasteiger partial charge in [0.2, 0.25) is 0 Å². The summed E-state index contributed by atoms with van der Waals surface area (Å²) in [5.74, 6) is 0.724. The maximum absolute atomic E-state index is 8.99. The van der Waals surface area contributed by atoms with Crippen molar-refractivity contribution in [2.75, 3.05) is 13.6 Å². The molecule has 0 aliphatic carbocycles. The molecule has 2 aromatic carbocycles. The number of nitrogens with zero attached hydrogens (tertiary/aromatic N) is 2. The normalized spacial score (nSPS) is 11.5. The van der Waals surface area contributed by atoms with Crippen LogP contribution in [0.5, 0.6) is 0 Å². The third-order valence-electron chi connectivity index (χ3n) is 4.94. The van der Waals surface area contributed by atoms with Gasteiger partial charge in [-0.15, -0.1) is 0 Å². The summed E-state index contributed by atoms with van der Waals surface area (Å²) in [6.45, 7) is 8.08. The van der Waals surface area contributed by atoms with Crippen LogP contribution in [-0.2, 0) is 19.6 Å². The second-order valence-electron chi connectivity index (χ2n) is 7.06. The Balaban J connectivity index is 0.00000190. The smallest absolute Gasteiger partial charge is 0.0991 e. The second kappa shape index (κ2) is 13.9. The molecule has 0 heterocycles. The molecule has 0 aliphatic heterocycles. The highest BCUT2D eigenvalue weighted by Gasteiger charge is 2.14. The lowest BCUT2D eigenvalue weighted by atomic mass is 9.99. The van der Waals surface area contributed by atoms with Gasteiger partial charge in [-0.1, -0.05) is 63.1 Å². The van der Waals surface area contributed by atoms with Crippen molar-refractivity contribution < 1.29 is 0 Å². The molecule has 0 aromatic heterocycles. The molecule has 28 heavy (non-hydrogen) atoms. The predicted octanol–water partition coefficient (Wildman–Crippen LogP) is 4.42. The highest BCUT2D eigenvalue weighted by atomic mass is 15.1. The largest absolute Gasteiger partial charge is 0.333 e. The van der Waals surface area contributed by atoms with Crippen molar-refractivity contribution >= 4 is 0 Å². The van der Waals surface area contributed by atoms with E-state index < -0.39 is 0 Å². The summed E-state index contributed by atoms with van der Waals surface area (Å²) in [7, 11) is 1.50. The zero-order chi connectivity index (χ0) is 20.8. The average molecular weight is 381 g/mol. The van der Waals surface area contributed by atoms with Crippen molar-refractivity contribution in [3.8, 4) is 6.07 Å². The van der Waals surface area contributed by atoms with Crippen LogP contribution in [0.4, 0.5) is 0 Å². The minimum Gasteiger partial charge on any atom is -0.333 e. The van der Waals surface area contributed by atoms with Gasteiger partial charge in [-0.3, -0.25) is 4.90 Å². The van der Waals surface area contributed by atoms with Crippen LogP contribution in [0.3, 0.4) is 0 Å². The number of nitriles is 1. The molecule has 0 radical (unpaired) electrons. The lowest BCUT2D eigenvalue weighted by molar-refractivity contribution is 0.204. The van der Waals surface area contributed by atoms with E-state index in [1.54, 1.807) is 0 Å². The van der Waals surface area contributed by atoms with E-state index in [9.17, 15) is 0 Å². The van der Waals surface area contributed by atoms with Gasteiger partial charge < -0.3 is 11.5 Å².